The van der Waals surface area contributed by atoms with E-state index in [4.69, 9.17) is 4.74 Å². The first-order chi connectivity index (χ1) is 9.58. The minimum Gasteiger partial charge on any atom is -0.489 e. The molecule has 2 aromatic rings. The molecule has 0 unspecified atom stereocenters. The topological polar surface area (TPSA) is 92.8 Å². The lowest BCUT2D eigenvalue weighted by Gasteiger charge is -2.11. The molecule has 7 heteroatoms. The zero-order valence-electron chi connectivity index (χ0n) is 10.5. The van der Waals surface area contributed by atoms with E-state index in [9.17, 15) is 20.2 Å². The fourth-order valence-corrected chi connectivity index (χ4v) is 1.72. The van der Waals surface area contributed by atoms with E-state index in [0.29, 0.717) is 0 Å². The third-order valence-corrected chi connectivity index (χ3v) is 2.72. The van der Waals surface area contributed by atoms with Crippen molar-refractivity contribution in [2.24, 2.45) is 0 Å². The van der Waals surface area contributed by atoms with Crippen molar-refractivity contribution in [2.45, 2.75) is 6.61 Å². The number of ether oxygens (including phenoxy) is 1. The fourth-order valence-electron chi connectivity index (χ4n) is 1.72. The van der Waals surface area contributed by atoms with Crippen molar-refractivity contribution in [1.82, 2.24) is 0 Å². The maximum absolute atomic E-state index is 10.7. The summed E-state index contributed by atoms with van der Waals surface area (Å²) >= 11 is 0. The molecule has 0 heterocycles. The van der Waals surface area contributed by atoms with Gasteiger partial charge in [0.05, 0.1) is 4.92 Å². The van der Waals surface area contributed by atoms with E-state index >= 15 is 0 Å². The molecule has 0 aliphatic heterocycles. The van der Waals surface area contributed by atoms with Gasteiger partial charge in [0.15, 0.2) is 0 Å². The molecule has 0 aromatic heterocycles. The maximum atomic E-state index is 10.7. The molecule has 0 bridgehead atoms. The summed E-state index contributed by atoms with van der Waals surface area (Å²) in [5.41, 5.74) is 0.652. The minimum atomic E-state index is -1.83. The first-order valence-electron chi connectivity index (χ1n) is 5.89. The highest BCUT2D eigenvalue weighted by Crippen LogP contribution is 2.17. The van der Waals surface area contributed by atoms with Gasteiger partial charge in [0.2, 0.25) is 0 Å². The largest absolute Gasteiger partial charge is 0.492 e. The van der Waals surface area contributed by atoms with Crippen molar-refractivity contribution in [3.8, 4) is 5.75 Å². The number of nitrogens with zero attached hydrogens (tertiary/aromatic N) is 1. The van der Waals surface area contributed by atoms with Crippen LogP contribution in [0, 0.1) is 10.1 Å². The third-order valence-electron chi connectivity index (χ3n) is 2.72. The second-order valence-electron chi connectivity index (χ2n) is 4.13. The van der Waals surface area contributed by atoms with Crippen molar-refractivity contribution in [1.29, 1.82) is 0 Å². The molecule has 0 radical (unpaired) electrons. The van der Waals surface area contributed by atoms with Crippen molar-refractivity contribution in [3.63, 3.8) is 0 Å². The van der Waals surface area contributed by atoms with Crippen molar-refractivity contribution < 1.29 is 19.7 Å². The van der Waals surface area contributed by atoms with Gasteiger partial charge in [-0.25, -0.2) is 0 Å². The molecule has 0 fully saturated rings. The molecule has 20 heavy (non-hydrogen) atoms. The van der Waals surface area contributed by atoms with E-state index in [0.717, 1.165) is 11.6 Å². The number of non-ortho nitro benzene ring substituents is 1. The molecule has 0 saturated heterocycles. The summed E-state index contributed by atoms with van der Waals surface area (Å²) < 4.78 is 5.48. The van der Waals surface area contributed by atoms with E-state index in [2.05, 4.69) is 0 Å². The molecule has 2 aromatic carbocycles. The Bertz CT molecular complexity index is 603. The molecule has 0 spiro atoms. The smallest absolute Gasteiger partial charge is 0.489 e. The lowest BCUT2D eigenvalue weighted by Crippen LogP contribution is -2.31. The van der Waals surface area contributed by atoms with Crippen LogP contribution in [0.2, 0.25) is 0 Å². The van der Waals surface area contributed by atoms with Crippen LogP contribution < -0.4 is 10.2 Å². The van der Waals surface area contributed by atoms with Crippen molar-refractivity contribution >= 4 is 18.3 Å². The van der Waals surface area contributed by atoms with E-state index in [-0.39, 0.29) is 23.5 Å². The minimum absolute atomic E-state index is 0.0323. The highest BCUT2D eigenvalue weighted by atomic mass is 16.6. The summed E-state index contributed by atoms with van der Waals surface area (Å²) in [4.78, 5) is 10.1. The molecular formula is C13H12BNO5. The Morgan fingerprint density at radius 2 is 1.85 bits per heavy atom. The highest BCUT2D eigenvalue weighted by molar-refractivity contribution is 6.59. The summed E-state index contributed by atoms with van der Waals surface area (Å²) in [6, 6.07) is 13.0. The Balaban J connectivity index is 2.20. The van der Waals surface area contributed by atoms with Crippen molar-refractivity contribution in [3.05, 3.63) is 64.2 Å². The first-order valence-corrected chi connectivity index (χ1v) is 5.89. The highest BCUT2D eigenvalue weighted by Gasteiger charge is 2.21. The molecule has 6 nitrogen and oxygen atoms in total. The van der Waals surface area contributed by atoms with E-state index in [1.165, 1.54) is 12.1 Å². The number of rotatable bonds is 5. The van der Waals surface area contributed by atoms with E-state index in [1.54, 1.807) is 0 Å². The second-order valence-corrected chi connectivity index (χ2v) is 4.13. The molecule has 2 N–H and O–H groups in total. The van der Waals surface area contributed by atoms with Gasteiger partial charge < -0.3 is 14.8 Å². The van der Waals surface area contributed by atoms with E-state index in [1.807, 2.05) is 30.3 Å². The van der Waals surface area contributed by atoms with E-state index < -0.39 is 12.0 Å². The quantitative estimate of drug-likeness (QED) is 0.478. The number of benzene rings is 2. The predicted molar refractivity (Wildman–Crippen MR) is 73.7 cm³/mol. The van der Waals surface area contributed by atoms with Crippen LogP contribution in [0.15, 0.2) is 48.5 Å². The summed E-state index contributed by atoms with van der Waals surface area (Å²) in [7, 11) is -1.83. The number of nitro benzene ring substituents is 1. The molecule has 102 valence electrons. The second kappa shape index (κ2) is 6.18. The standard InChI is InChI=1S/C13H12BNO5/c16-14(17)12-8-11(15(18)19)6-7-13(12)20-9-10-4-2-1-3-5-10/h1-8,16-17H,9H2. The molecule has 0 aliphatic carbocycles. The van der Waals surface area contributed by atoms with Crippen LogP contribution in [-0.2, 0) is 6.61 Å². The zero-order valence-corrected chi connectivity index (χ0v) is 10.5. The average molecular weight is 273 g/mol. The molecule has 0 aliphatic rings. The van der Waals surface area contributed by atoms with Gasteiger partial charge in [0.25, 0.3) is 5.69 Å². The van der Waals surface area contributed by atoms with Gasteiger partial charge in [-0.2, -0.15) is 0 Å². The number of hydrogen-bond donors (Lipinski definition) is 2. The molecule has 0 saturated carbocycles. The van der Waals surface area contributed by atoms with Crippen LogP contribution in [0.5, 0.6) is 5.75 Å². The normalized spacial score (nSPS) is 10.1. The lowest BCUT2D eigenvalue weighted by atomic mass is 9.79. The van der Waals surface area contributed by atoms with Crippen LogP contribution in [0.4, 0.5) is 5.69 Å². The SMILES string of the molecule is O=[N+]([O-])c1ccc(OCc2ccccc2)c(B(O)O)c1. The Morgan fingerprint density at radius 1 is 1.15 bits per heavy atom. The van der Waals surface area contributed by atoms with Crippen LogP contribution in [0.1, 0.15) is 5.56 Å². The number of nitro groups is 1. The monoisotopic (exact) mass is 273 g/mol. The zero-order chi connectivity index (χ0) is 14.5. The maximum Gasteiger partial charge on any atom is 0.492 e. The molecule has 2 rings (SSSR count). The Labute approximate surface area is 115 Å². The summed E-state index contributed by atoms with van der Waals surface area (Å²) in [6.45, 7) is 0.234. The molecule has 0 atom stereocenters. The average Bonchev–Trinajstić information content (AvgIpc) is 2.45. The predicted octanol–water partition coefficient (Wildman–Crippen LogP) is 0.854. The molecular weight excluding hydrogens is 261 g/mol. The first kappa shape index (κ1) is 14.0. The number of hydrogen-bond acceptors (Lipinski definition) is 5. The van der Waals surface area contributed by atoms with Gasteiger partial charge in [-0.05, 0) is 11.6 Å². The van der Waals surface area contributed by atoms with Gasteiger partial charge in [-0.15, -0.1) is 0 Å². The van der Waals surface area contributed by atoms with Crippen LogP contribution in [-0.4, -0.2) is 22.1 Å². The fraction of sp³-hybridized carbons (Fsp3) is 0.0769. The van der Waals surface area contributed by atoms with Crippen molar-refractivity contribution in [2.75, 3.05) is 0 Å². The van der Waals surface area contributed by atoms with Gasteiger partial charge in [0, 0.05) is 17.6 Å². The summed E-state index contributed by atoms with van der Waals surface area (Å²) in [5.74, 6) is 0.203. The van der Waals surface area contributed by atoms with Gasteiger partial charge in [-0.3, -0.25) is 10.1 Å². The van der Waals surface area contributed by atoms with Crippen LogP contribution >= 0.6 is 0 Å². The Kier molecular flexibility index (Phi) is 4.34. The van der Waals surface area contributed by atoms with Crippen LogP contribution in [0.25, 0.3) is 0 Å². The van der Waals surface area contributed by atoms with Crippen LogP contribution in [0.3, 0.4) is 0 Å². The Hall–Kier alpha value is -2.38. The summed E-state index contributed by atoms with van der Waals surface area (Å²) in [5, 5.41) is 29.2. The summed E-state index contributed by atoms with van der Waals surface area (Å²) in [6.07, 6.45) is 0. The van der Waals surface area contributed by atoms with Gasteiger partial charge >= 0.3 is 7.12 Å². The van der Waals surface area contributed by atoms with Gasteiger partial charge in [0.1, 0.15) is 12.4 Å². The third kappa shape index (κ3) is 3.34. The Morgan fingerprint density at radius 3 is 2.45 bits per heavy atom. The van der Waals surface area contributed by atoms with Gasteiger partial charge in [-0.1, -0.05) is 30.3 Å². The lowest BCUT2D eigenvalue weighted by molar-refractivity contribution is -0.384. The molecule has 0 amide bonds.